The van der Waals surface area contributed by atoms with Crippen molar-refractivity contribution in [2.75, 3.05) is 0 Å². The number of para-hydroxylation sites is 1. The smallest absolute Gasteiger partial charge is 0.391 e. The molecule has 0 radical (unpaired) electrons. The van der Waals surface area contributed by atoms with Crippen LogP contribution >= 0.6 is 0 Å². The molecule has 2 atom stereocenters. The molecule has 0 fully saturated rings. The molecule has 1 aliphatic heterocycles. The van der Waals surface area contributed by atoms with Crippen LogP contribution in [0.3, 0.4) is 0 Å². The molecule has 5 nitrogen and oxygen atoms in total. The van der Waals surface area contributed by atoms with Crippen LogP contribution in [0.4, 0.5) is 0 Å². The van der Waals surface area contributed by atoms with E-state index in [1.54, 1.807) is 18.2 Å². The second-order valence-electron chi connectivity index (χ2n) is 5.12. The van der Waals surface area contributed by atoms with Crippen LogP contribution in [0.2, 0.25) is 0 Å². The number of fused-ring (bicyclic) bond motifs is 3. The number of allylic oxidation sites excluding steroid dienone is 1. The number of nitrogens with zero attached hydrogens (tertiary/aromatic N) is 1. The Hall–Kier alpha value is -2.17. The van der Waals surface area contributed by atoms with Gasteiger partial charge in [-0.3, -0.25) is 10.1 Å². The molecular weight excluding hydrogens is 246 g/mol. The first kappa shape index (κ1) is 11.9. The fourth-order valence-corrected chi connectivity index (χ4v) is 2.96. The number of hydrogen-bond acceptors (Lipinski definition) is 4. The topological polar surface area (TPSA) is 69.4 Å². The lowest BCUT2D eigenvalue weighted by Gasteiger charge is -2.37. The van der Waals surface area contributed by atoms with Gasteiger partial charge in [0.15, 0.2) is 0 Å². The monoisotopic (exact) mass is 259 g/mol. The van der Waals surface area contributed by atoms with Crippen molar-refractivity contribution >= 4 is 5.97 Å². The van der Waals surface area contributed by atoms with Gasteiger partial charge in [0.2, 0.25) is 0 Å². The maximum Gasteiger partial charge on any atom is 0.391 e. The molecule has 0 aromatic heterocycles. The maximum atomic E-state index is 12.2. The molecule has 1 aromatic carbocycles. The third-order valence-electron chi connectivity index (χ3n) is 4.04. The first-order valence-corrected chi connectivity index (χ1v) is 6.17. The normalized spacial score (nSPS) is 28.8. The summed E-state index contributed by atoms with van der Waals surface area (Å²) < 4.78 is 5.19. The van der Waals surface area contributed by atoms with Crippen LogP contribution in [0, 0.1) is 10.1 Å². The van der Waals surface area contributed by atoms with Gasteiger partial charge >= 0.3 is 11.5 Å². The maximum absolute atomic E-state index is 12.2. The number of rotatable bonds is 1. The highest BCUT2D eigenvalue weighted by Gasteiger charge is 2.62. The lowest BCUT2D eigenvalue weighted by atomic mass is 9.69. The lowest BCUT2D eigenvalue weighted by Crippen LogP contribution is -2.56. The van der Waals surface area contributed by atoms with Gasteiger partial charge in [-0.1, -0.05) is 29.8 Å². The number of nitro groups is 1. The minimum atomic E-state index is -1.66. The summed E-state index contributed by atoms with van der Waals surface area (Å²) in [6, 6.07) is 7.07. The quantitative estimate of drug-likeness (QED) is 0.255. The van der Waals surface area contributed by atoms with Crippen LogP contribution in [-0.4, -0.2) is 16.4 Å². The van der Waals surface area contributed by atoms with Crippen LogP contribution in [-0.2, 0) is 4.79 Å². The predicted molar refractivity (Wildman–Crippen MR) is 67.5 cm³/mol. The standard InChI is InChI=1S/C14H13NO4/c1-9-6-7-14(15(17)18)11(8-9)10-4-2-3-5-12(10)19-13(14)16/h2-6,11H,7-8H2,1H3/t11-,14+/m0/s1. The van der Waals surface area contributed by atoms with E-state index in [9.17, 15) is 14.9 Å². The second-order valence-corrected chi connectivity index (χ2v) is 5.12. The zero-order valence-corrected chi connectivity index (χ0v) is 10.5. The SMILES string of the molecule is CC1=CC[C@]2([N+](=O)[O-])C(=O)Oc3ccccc3[C@@H]2C1. The van der Waals surface area contributed by atoms with Crippen LogP contribution in [0.25, 0.3) is 0 Å². The van der Waals surface area contributed by atoms with E-state index in [2.05, 4.69) is 0 Å². The minimum Gasteiger partial charge on any atom is -0.421 e. The van der Waals surface area contributed by atoms with E-state index in [-0.39, 0.29) is 6.42 Å². The van der Waals surface area contributed by atoms with Gasteiger partial charge in [0.1, 0.15) is 5.75 Å². The van der Waals surface area contributed by atoms with Gasteiger partial charge in [-0.25, -0.2) is 4.79 Å². The van der Waals surface area contributed by atoms with Crippen LogP contribution < -0.4 is 4.74 Å². The second kappa shape index (κ2) is 3.91. The van der Waals surface area contributed by atoms with E-state index in [4.69, 9.17) is 4.74 Å². The van der Waals surface area contributed by atoms with E-state index >= 15 is 0 Å². The Morgan fingerprint density at radius 2 is 2.16 bits per heavy atom. The van der Waals surface area contributed by atoms with Crippen molar-refractivity contribution in [1.29, 1.82) is 0 Å². The molecule has 0 N–H and O–H groups in total. The van der Waals surface area contributed by atoms with Crippen LogP contribution in [0.5, 0.6) is 5.75 Å². The molecule has 1 heterocycles. The molecule has 0 saturated heterocycles. The summed E-state index contributed by atoms with van der Waals surface area (Å²) in [4.78, 5) is 23.2. The zero-order chi connectivity index (χ0) is 13.6. The Labute approximate surface area is 110 Å². The molecule has 1 aliphatic carbocycles. The highest BCUT2D eigenvalue weighted by molar-refractivity contribution is 5.86. The summed E-state index contributed by atoms with van der Waals surface area (Å²) in [5, 5.41) is 11.5. The number of carbonyl (C=O) groups is 1. The molecule has 2 aliphatic rings. The largest absolute Gasteiger partial charge is 0.421 e. The van der Waals surface area contributed by atoms with Crippen molar-refractivity contribution in [1.82, 2.24) is 0 Å². The van der Waals surface area contributed by atoms with Crippen molar-refractivity contribution in [3.05, 3.63) is 51.6 Å². The average Bonchev–Trinajstić information content (AvgIpc) is 2.38. The van der Waals surface area contributed by atoms with Gasteiger partial charge < -0.3 is 4.74 Å². The molecule has 19 heavy (non-hydrogen) atoms. The van der Waals surface area contributed by atoms with Gasteiger partial charge in [-0.05, 0) is 19.4 Å². The Bertz CT molecular complexity index is 607. The highest BCUT2D eigenvalue weighted by Crippen LogP contribution is 2.49. The molecular formula is C14H13NO4. The van der Waals surface area contributed by atoms with Gasteiger partial charge in [-0.15, -0.1) is 0 Å². The molecule has 3 rings (SSSR count). The summed E-state index contributed by atoms with van der Waals surface area (Å²) in [7, 11) is 0. The summed E-state index contributed by atoms with van der Waals surface area (Å²) in [5.74, 6) is -0.737. The Kier molecular flexibility index (Phi) is 2.45. The number of ether oxygens (including phenoxy) is 1. The average molecular weight is 259 g/mol. The fraction of sp³-hybridized carbons (Fsp3) is 0.357. The summed E-state index contributed by atoms with van der Waals surface area (Å²) in [5.41, 5.74) is 0.173. The number of hydrogen-bond donors (Lipinski definition) is 0. The van der Waals surface area contributed by atoms with Gasteiger partial charge in [0.05, 0.1) is 5.92 Å². The molecule has 0 spiro atoms. The number of benzene rings is 1. The van der Waals surface area contributed by atoms with Gasteiger partial charge in [0.25, 0.3) is 0 Å². The third-order valence-corrected chi connectivity index (χ3v) is 4.04. The predicted octanol–water partition coefficient (Wildman–Crippen LogP) is 2.44. The van der Waals surface area contributed by atoms with Gasteiger partial charge in [0, 0.05) is 16.9 Å². The van der Waals surface area contributed by atoms with Crippen LogP contribution in [0.1, 0.15) is 31.2 Å². The first-order valence-electron chi connectivity index (χ1n) is 6.17. The molecule has 1 aromatic rings. The molecule has 0 saturated carbocycles. The zero-order valence-electron chi connectivity index (χ0n) is 10.5. The van der Waals surface area contributed by atoms with E-state index in [1.165, 1.54) is 0 Å². The van der Waals surface area contributed by atoms with Crippen molar-refractivity contribution in [3.8, 4) is 5.75 Å². The Morgan fingerprint density at radius 3 is 2.89 bits per heavy atom. The van der Waals surface area contributed by atoms with Gasteiger partial charge in [-0.2, -0.15) is 0 Å². The third kappa shape index (κ3) is 1.51. The van der Waals surface area contributed by atoms with Crippen LogP contribution in [0.15, 0.2) is 35.9 Å². The number of esters is 1. The summed E-state index contributed by atoms with van der Waals surface area (Å²) in [6.45, 7) is 1.94. The Balaban J connectivity index is 2.22. The van der Waals surface area contributed by atoms with Crippen molar-refractivity contribution < 1.29 is 14.5 Å². The molecule has 0 unspecified atom stereocenters. The van der Waals surface area contributed by atoms with E-state index < -0.39 is 22.3 Å². The first-order chi connectivity index (χ1) is 9.05. The highest BCUT2D eigenvalue weighted by atomic mass is 16.6. The van der Waals surface area contributed by atoms with Crippen molar-refractivity contribution in [2.24, 2.45) is 0 Å². The van der Waals surface area contributed by atoms with E-state index in [0.717, 1.165) is 11.1 Å². The summed E-state index contributed by atoms with van der Waals surface area (Å²) in [6.07, 6.45) is 2.39. The molecule has 5 heteroatoms. The fourth-order valence-electron chi connectivity index (χ4n) is 2.96. The summed E-state index contributed by atoms with van der Waals surface area (Å²) >= 11 is 0. The van der Waals surface area contributed by atoms with Crippen molar-refractivity contribution in [3.63, 3.8) is 0 Å². The number of carbonyl (C=O) groups excluding carboxylic acids is 1. The van der Waals surface area contributed by atoms with Crippen molar-refractivity contribution in [2.45, 2.75) is 31.2 Å². The molecule has 98 valence electrons. The molecule has 0 bridgehead atoms. The minimum absolute atomic E-state index is 0.101. The van der Waals surface area contributed by atoms with E-state index in [0.29, 0.717) is 12.2 Å². The van der Waals surface area contributed by atoms with E-state index in [1.807, 2.05) is 19.1 Å². The lowest BCUT2D eigenvalue weighted by molar-refractivity contribution is -0.560. The molecule has 0 amide bonds. The Morgan fingerprint density at radius 1 is 1.42 bits per heavy atom.